The number of hydrogen-bond donors (Lipinski definition) is 2. The van der Waals surface area contributed by atoms with Gasteiger partial charge >= 0.3 is 5.97 Å². The Balaban J connectivity index is 1.42. The van der Waals surface area contributed by atoms with Crippen LogP contribution in [-0.2, 0) is 9.59 Å². The van der Waals surface area contributed by atoms with Crippen LogP contribution in [-0.4, -0.2) is 60.6 Å². The molecule has 2 aliphatic heterocycles. The molecule has 0 bridgehead atoms. The summed E-state index contributed by atoms with van der Waals surface area (Å²) in [7, 11) is 0. The minimum absolute atomic E-state index is 0.0682. The lowest BCUT2D eigenvalue weighted by atomic mass is 10.1. The second-order valence-corrected chi connectivity index (χ2v) is 6.71. The van der Waals surface area contributed by atoms with Gasteiger partial charge in [0.1, 0.15) is 6.04 Å². The number of carboxylic acids is 1. The zero-order chi connectivity index (χ0) is 16.9. The molecule has 0 aromatic heterocycles. The zero-order valence-electron chi connectivity index (χ0n) is 13.9. The monoisotopic (exact) mass is 331 g/mol. The molecule has 2 fully saturated rings. The fraction of sp³-hybridized carbons (Fsp3) is 0.556. The van der Waals surface area contributed by atoms with Crippen LogP contribution in [0, 0.1) is 5.92 Å². The molecule has 24 heavy (non-hydrogen) atoms. The predicted molar refractivity (Wildman–Crippen MR) is 92.0 cm³/mol. The van der Waals surface area contributed by atoms with E-state index in [4.69, 9.17) is 5.11 Å². The van der Waals surface area contributed by atoms with Crippen molar-refractivity contribution in [1.82, 2.24) is 10.2 Å². The first kappa shape index (κ1) is 16.8. The molecule has 130 valence electrons. The summed E-state index contributed by atoms with van der Waals surface area (Å²) in [6, 6.07) is 9.82. The average molecular weight is 331 g/mol. The standard InChI is InChI=1S/C18H25N3O3/c22-17(13-21-9-4-7-16(21)18(23)24)19-11-14-8-10-20(12-14)15-5-2-1-3-6-15/h1-3,5-6,14,16H,4,7-13H2,(H,19,22)(H,23,24)/t14-,16+/m1/s1. The smallest absolute Gasteiger partial charge is 0.320 e. The highest BCUT2D eigenvalue weighted by Crippen LogP contribution is 2.23. The lowest BCUT2D eigenvalue weighted by molar-refractivity contribution is -0.142. The SMILES string of the molecule is O=C(CN1CCC[C@H]1C(=O)O)NC[C@H]1CCN(c2ccccc2)C1. The van der Waals surface area contributed by atoms with E-state index in [0.717, 1.165) is 25.9 Å². The van der Waals surface area contributed by atoms with Crippen LogP contribution in [0.4, 0.5) is 5.69 Å². The van der Waals surface area contributed by atoms with Crippen LogP contribution >= 0.6 is 0 Å². The molecule has 3 rings (SSSR count). The summed E-state index contributed by atoms with van der Waals surface area (Å²) in [5.41, 5.74) is 1.23. The van der Waals surface area contributed by atoms with E-state index in [1.807, 2.05) is 18.2 Å². The number of rotatable bonds is 6. The van der Waals surface area contributed by atoms with Gasteiger partial charge in [0, 0.05) is 25.3 Å². The lowest BCUT2D eigenvalue weighted by Gasteiger charge is -2.21. The van der Waals surface area contributed by atoms with Crippen LogP contribution in [0.2, 0.25) is 0 Å². The number of aliphatic carboxylic acids is 1. The van der Waals surface area contributed by atoms with Gasteiger partial charge in [-0.25, -0.2) is 0 Å². The quantitative estimate of drug-likeness (QED) is 0.819. The zero-order valence-corrected chi connectivity index (χ0v) is 13.9. The molecule has 0 aliphatic carbocycles. The number of nitrogens with zero attached hydrogens (tertiary/aromatic N) is 2. The molecule has 2 saturated heterocycles. The molecule has 2 aliphatic rings. The third kappa shape index (κ3) is 4.06. The van der Waals surface area contributed by atoms with Gasteiger partial charge in [0.05, 0.1) is 6.54 Å². The van der Waals surface area contributed by atoms with Crippen LogP contribution < -0.4 is 10.2 Å². The summed E-state index contributed by atoms with van der Waals surface area (Å²) >= 11 is 0. The van der Waals surface area contributed by atoms with Crippen LogP contribution in [0.1, 0.15) is 19.3 Å². The van der Waals surface area contributed by atoms with E-state index in [1.165, 1.54) is 5.69 Å². The second-order valence-electron chi connectivity index (χ2n) is 6.71. The highest BCUT2D eigenvalue weighted by atomic mass is 16.4. The summed E-state index contributed by atoms with van der Waals surface area (Å²) < 4.78 is 0. The maximum atomic E-state index is 12.1. The fourth-order valence-corrected chi connectivity index (χ4v) is 3.67. The Morgan fingerprint density at radius 2 is 1.96 bits per heavy atom. The molecule has 1 aromatic rings. The number of anilines is 1. The molecule has 6 heteroatoms. The van der Waals surface area contributed by atoms with E-state index >= 15 is 0 Å². The van der Waals surface area contributed by atoms with Gasteiger partial charge in [-0.3, -0.25) is 14.5 Å². The molecular weight excluding hydrogens is 306 g/mol. The van der Waals surface area contributed by atoms with Crippen molar-refractivity contribution in [3.05, 3.63) is 30.3 Å². The van der Waals surface area contributed by atoms with Crippen LogP contribution in [0.3, 0.4) is 0 Å². The van der Waals surface area contributed by atoms with Gasteiger partial charge in [-0.2, -0.15) is 0 Å². The first-order chi connectivity index (χ1) is 11.6. The summed E-state index contributed by atoms with van der Waals surface area (Å²) in [5.74, 6) is -0.445. The Morgan fingerprint density at radius 3 is 2.71 bits per heavy atom. The number of hydrogen-bond acceptors (Lipinski definition) is 4. The number of para-hydroxylation sites is 1. The minimum Gasteiger partial charge on any atom is -0.480 e. The van der Waals surface area contributed by atoms with Crippen molar-refractivity contribution < 1.29 is 14.7 Å². The summed E-state index contributed by atoms with van der Waals surface area (Å²) in [5, 5.41) is 12.1. The van der Waals surface area contributed by atoms with E-state index in [1.54, 1.807) is 4.90 Å². The molecule has 1 amide bonds. The van der Waals surface area contributed by atoms with Gasteiger partial charge in [-0.05, 0) is 43.9 Å². The maximum Gasteiger partial charge on any atom is 0.320 e. The summed E-state index contributed by atoms with van der Waals surface area (Å²) in [6.45, 7) is 3.50. The highest BCUT2D eigenvalue weighted by molar-refractivity contribution is 5.80. The highest BCUT2D eigenvalue weighted by Gasteiger charge is 2.31. The molecule has 2 N–H and O–H groups in total. The second kappa shape index (κ2) is 7.66. The van der Waals surface area contributed by atoms with Crippen molar-refractivity contribution in [1.29, 1.82) is 0 Å². The molecule has 2 atom stereocenters. The average Bonchev–Trinajstić information content (AvgIpc) is 3.23. The van der Waals surface area contributed by atoms with Gasteiger partial charge in [-0.15, -0.1) is 0 Å². The Hall–Kier alpha value is -2.08. The molecule has 6 nitrogen and oxygen atoms in total. The number of likely N-dealkylation sites (tertiary alicyclic amines) is 1. The Labute approximate surface area is 142 Å². The predicted octanol–water partition coefficient (Wildman–Crippen LogP) is 1.18. The number of amides is 1. The normalized spacial score (nSPS) is 24.2. The number of benzene rings is 1. The van der Waals surface area contributed by atoms with E-state index in [0.29, 0.717) is 25.4 Å². The molecular formula is C18H25N3O3. The van der Waals surface area contributed by atoms with E-state index in [-0.39, 0.29) is 12.5 Å². The third-order valence-corrected chi connectivity index (χ3v) is 4.99. The molecule has 0 saturated carbocycles. The van der Waals surface area contributed by atoms with Crippen molar-refractivity contribution in [3.63, 3.8) is 0 Å². The molecule has 0 radical (unpaired) electrons. The lowest BCUT2D eigenvalue weighted by Crippen LogP contribution is -2.44. The Morgan fingerprint density at radius 1 is 1.17 bits per heavy atom. The van der Waals surface area contributed by atoms with Gasteiger partial charge in [0.15, 0.2) is 0 Å². The number of nitrogens with one attached hydrogen (secondary N) is 1. The van der Waals surface area contributed by atoms with Crippen LogP contribution in [0.25, 0.3) is 0 Å². The number of carbonyl (C=O) groups excluding carboxylic acids is 1. The molecule has 0 spiro atoms. The largest absolute Gasteiger partial charge is 0.480 e. The van der Waals surface area contributed by atoms with Crippen LogP contribution in [0.5, 0.6) is 0 Å². The molecule has 1 aromatic carbocycles. The van der Waals surface area contributed by atoms with Gasteiger partial charge in [-0.1, -0.05) is 18.2 Å². The Bertz CT molecular complexity index is 578. The van der Waals surface area contributed by atoms with Gasteiger partial charge in [0.2, 0.25) is 5.91 Å². The first-order valence-corrected chi connectivity index (χ1v) is 8.67. The van der Waals surface area contributed by atoms with Crippen molar-refractivity contribution in [3.8, 4) is 0 Å². The molecule has 2 heterocycles. The summed E-state index contributed by atoms with van der Waals surface area (Å²) in [6.07, 6.45) is 2.55. The van der Waals surface area contributed by atoms with Gasteiger partial charge < -0.3 is 15.3 Å². The minimum atomic E-state index is -0.824. The third-order valence-electron chi connectivity index (χ3n) is 4.99. The van der Waals surface area contributed by atoms with Crippen molar-refractivity contribution >= 4 is 17.6 Å². The van der Waals surface area contributed by atoms with Crippen molar-refractivity contribution in [2.45, 2.75) is 25.3 Å². The van der Waals surface area contributed by atoms with Crippen LogP contribution in [0.15, 0.2) is 30.3 Å². The first-order valence-electron chi connectivity index (χ1n) is 8.67. The fourth-order valence-electron chi connectivity index (χ4n) is 3.67. The van der Waals surface area contributed by atoms with Crippen molar-refractivity contribution in [2.75, 3.05) is 37.6 Å². The maximum absolute atomic E-state index is 12.1. The topological polar surface area (TPSA) is 72.9 Å². The van der Waals surface area contributed by atoms with E-state index in [2.05, 4.69) is 22.3 Å². The van der Waals surface area contributed by atoms with E-state index < -0.39 is 12.0 Å². The molecule has 0 unspecified atom stereocenters. The van der Waals surface area contributed by atoms with Crippen molar-refractivity contribution in [2.24, 2.45) is 5.92 Å². The number of carboxylic acid groups (broad SMARTS) is 1. The summed E-state index contributed by atoms with van der Waals surface area (Å²) in [4.78, 5) is 27.4. The van der Waals surface area contributed by atoms with E-state index in [9.17, 15) is 9.59 Å². The number of carbonyl (C=O) groups is 2. The Kier molecular flexibility index (Phi) is 5.35. The van der Waals surface area contributed by atoms with Gasteiger partial charge in [0.25, 0.3) is 0 Å².